The molecule has 0 spiro atoms. The molecule has 0 radical (unpaired) electrons. The van der Waals surface area contributed by atoms with Crippen molar-refractivity contribution >= 4 is 41.8 Å². The average Bonchev–Trinajstić information content (AvgIpc) is 2.77. The first kappa shape index (κ1) is 27.3. The van der Waals surface area contributed by atoms with Gasteiger partial charge < -0.3 is 20.0 Å². The van der Waals surface area contributed by atoms with Crippen LogP contribution in [0.15, 0.2) is 23.5 Å². The highest BCUT2D eigenvalue weighted by molar-refractivity contribution is 14.0. The quantitative estimate of drug-likeness (QED) is 0.206. The van der Waals surface area contributed by atoms with Gasteiger partial charge in [0, 0.05) is 78.3 Å². The lowest BCUT2D eigenvalue weighted by atomic mass is 10.3. The van der Waals surface area contributed by atoms with Crippen LogP contribution in [-0.2, 0) is 4.79 Å². The summed E-state index contributed by atoms with van der Waals surface area (Å²) >= 11 is 0. The Bertz CT molecular complexity index is 648. The molecule has 1 aromatic rings. The highest BCUT2D eigenvalue weighted by atomic mass is 127. The van der Waals surface area contributed by atoms with E-state index in [-0.39, 0.29) is 29.9 Å². The van der Waals surface area contributed by atoms with Gasteiger partial charge in [0.05, 0.1) is 6.54 Å². The fourth-order valence-corrected chi connectivity index (χ4v) is 3.53. The predicted molar refractivity (Wildman–Crippen MR) is 137 cm³/mol. The summed E-state index contributed by atoms with van der Waals surface area (Å²) in [5, 5.41) is 3.30. The number of halogens is 1. The van der Waals surface area contributed by atoms with Gasteiger partial charge in [-0.05, 0) is 33.3 Å². The minimum atomic E-state index is 0. The Kier molecular flexibility index (Phi) is 13.4. The van der Waals surface area contributed by atoms with Crippen LogP contribution in [0.1, 0.15) is 27.2 Å². The topological polar surface area (TPSA) is 80.2 Å². The largest absolute Gasteiger partial charge is 0.357 e. The van der Waals surface area contributed by atoms with Gasteiger partial charge in [-0.15, -0.1) is 24.0 Å². The maximum absolute atomic E-state index is 12.4. The Hall–Kier alpha value is -1.69. The summed E-state index contributed by atoms with van der Waals surface area (Å²) in [6.07, 6.45) is 4.58. The molecule has 2 heterocycles. The van der Waals surface area contributed by atoms with Crippen LogP contribution in [0.25, 0.3) is 0 Å². The minimum Gasteiger partial charge on any atom is -0.357 e. The van der Waals surface area contributed by atoms with Crippen molar-refractivity contribution < 1.29 is 4.79 Å². The SMILES string of the molecule is CCNC(=NCCCN1CCN(c2ncccn2)CC1)N(C)CC(=O)N(CC)CC.I. The van der Waals surface area contributed by atoms with Crippen molar-refractivity contribution in [1.29, 1.82) is 0 Å². The molecule has 10 heteroatoms. The zero-order chi connectivity index (χ0) is 21.8. The Morgan fingerprint density at radius 2 is 1.77 bits per heavy atom. The normalized spacial score (nSPS) is 14.7. The lowest BCUT2D eigenvalue weighted by Gasteiger charge is -2.34. The molecular formula is C21H39IN8O. The van der Waals surface area contributed by atoms with Crippen LogP contribution in [0.3, 0.4) is 0 Å². The number of carbonyl (C=O) groups excluding carboxylic acids is 1. The lowest BCUT2D eigenvalue weighted by Crippen LogP contribution is -2.47. The summed E-state index contributed by atoms with van der Waals surface area (Å²) in [5.74, 6) is 1.75. The van der Waals surface area contributed by atoms with Crippen molar-refractivity contribution in [2.24, 2.45) is 4.99 Å². The molecule has 1 N–H and O–H groups in total. The molecule has 1 saturated heterocycles. The maximum atomic E-state index is 12.4. The summed E-state index contributed by atoms with van der Waals surface area (Å²) in [4.78, 5) is 34.2. The van der Waals surface area contributed by atoms with E-state index in [2.05, 4.69) is 25.1 Å². The summed E-state index contributed by atoms with van der Waals surface area (Å²) in [7, 11) is 1.92. The number of anilines is 1. The number of hydrogen-bond donors (Lipinski definition) is 1. The average molecular weight is 547 g/mol. The Labute approximate surface area is 204 Å². The highest BCUT2D eigenvalue weighted by Crippen LogP contribution is 2.09. The Balaban J connectivity index is 0.00000480. The van der Waals surface area contributed by atoms with Crippen LogP contribution in [0, 0.1) is 0 Å². The van der Waals surface area contributed by atoms with Gasteiger partial charge in [0.15, 0.2) is 5.96 Å². The van der Waals surface area contributed by atoms with Crippen molar-refractivity contribution in [3.05, 3.63) is 18.5 Å². The third-order valence-corrected chi connectivity index (χ3v) is 5.29. The zero-order valence-corrected chi connectivity index (χ0v) is 21.8. The molecule has 1 amide bonds. The van der Waals surface area contributed by atoms with E-state index in [1.165, 1.54) is 0 Å². The smallest absolute Gasteiger partial charge is 0.242 e. The van der Waals surface area contributed by atoms with E-state index in [1.807, 2.05) is 43.7 Å². The van der Waals surface area contributed by atoms with Crippen LogP contribution >= 0.6 is 24.0 Å². The Morgan fingerprint density at radius 3 is 2.35 bits per heavy atom. The molecule has 9 nitrogen and oxygen atoms in total. The molecule has 0 saturated carbocycles. The van der Waals surface area contributed by atoms with Crippen molar-refractivity contribution in [3.63, 3.8) is 0 Å². The molecule has 0 aliphatic carbocycles. The number of hydrogen-bond acceptors (Lipinski definition) is 6. The molecule has 2 rings (SSSR count). The maximum Gasteiger partial charge on any atom is 0.242 e. The van der Waals surface area contributed by atoms with E-state index in [9.17, 15) is 4.79 Å². The third-order valence-electron chi connectivity index (χ3n) is 5.29. The number of piperazine rings is 1. The van der Waals surface area contributed by atoms with Gasteiger partial charge in [-0.25, -0.2) is 9.97 Å². The van der Waals surface area contributed by atoms with E-state index >= 15 is 0 Å². The third kappa shape index (κ3) is 9.14. The molecule has 0 aromatic carbocycles. The van der Waals surface area contributed by atoms with Crippen LogP contribution in [-0.4, -0.2) is 109 Å². The van der Waals surface area contributed by atoms with Gasteiger partial charge in [0.25, 0.3) is 0 Å². The molecule has 0 unspecified atom stereocenters. The van der Waals surface area contributed by atoms with E-state index in [1.54, 1.807) is 12.4 Å². The minimum absolute atomic E-state index is 0. The first-order valence-corrected chi connectivity index (χ1v) is 11.1. The molecule has 0 atom stereocenters. The second-order valence-corrected chi connectivity index (χ2v) is 7.39. The van der Waals surface area contributed by atoms with Gasteiger partial charge in [-0.2, -0.15) is 0 Å². The van der Waals surface area contributed by atoms with Gasteiger partial charge >= 0.3 is 0 Å². The van der Waals surface area contributed by atoms with Gasteiger partial charge in [0.1, 0.15) is 0 Å². The molecule has 1 aliphatic rings. The zero-order valence-electron chi connectivity index (χ0n) is 19.5. The second-order valence-electron chi connectivity index (χ2n) is 7.39. The number of likely N-dealkylation sites (N-methyl/N-ethyl adjacent to an activating group) is 2. The number of guanidine groups is 1. The summed E-state index contributed by atoms with van der Waals surface area (Å²) < 4.78 is 0. The molecular weight excluding hydrogens is 507 g/mol. The first-order chi connectivity index (χ1) is 14.6. The van der Waals surface area contributed by atoms with E-state index in [0.29, 0.717) is 6.54 Å². The molecule has 0 bridgehead atoms. The number of rotatable bonds is 10. The standard InChI is InChI=1S/C21H38N8O.HI/c1-5-22-20(26(4)18-19(30)28(6-2)7-3)23-12-9-13-27-14-16-29(17-15-27)21-24-10-8-11-25-21;/h8,10-11H,5-7,9,12-18H2,1-4H3,(H,22,23);1H. The van der Waals surface area contributed by atoms with Crippen LogP contribution < -0.4 is 10.2 Å². The lowest BCUT2D eigenvalue weighted by molar-refractivity contribution is -0.131. The summed E-state index contributed by atoms with van der Waals surface area (Å²) in [6.45, 7) is 14.4. The van der Waals surface area contributed by atoms with Crippen LogP contribution in [0.4, 0.5) is 5.95 Å². The van der Waals surface area contributed by atoms with E-state index in [4.69, 9.17) is 4.99 Å². The second kappa shape index (κ2) is 15.2. The molecule has 1 aliphatic heterocycles. The number of amides is 1. The fourth-order valence-electron chi connectivity index (χ4n) is 3.53. The monoisotopic (exact) mass is 546 g/mol. The molecule has 1 aromatic heterocycles. The molecule has 1 fully saturated rings. The predicted octanol–water partition coefficient (Wildman–Crippen LogP) is 1.37. The first-order valence-electron chi connectivity index (χ1n) is 11.1. The summed E-state index contributed by atoms with van der Waals surface area (Å²) in [6, 6.07) is 1.85. The number of aliphatic imine (C=N–C) groups is 1. The van der Waals surface area contributed by atoms with E-state index < -0.39 is 0 Å². The number of nitrogens with one attached hydrogen (secondary N) is 1. The van der Waals surface area contributed by atoms with Gasteiger partial charge in [-0.1, -0.05) is 0 Å². The highest BCUT2D eigenvalue weighted by Gasteiger charge is 2.18. The van der Waals surface area contributed by atoms with Gasteiger partial charge in [-0.3, -0.25) is 14.7 Å². The van der Waals surface area contributed by atoms with E-state index in [0.717, 1.165) is 77.2 Å². The van der Waals surface area contributed by atoms with Crippen LogP contribution in [0.5, 0.6) is 0 Å². The molecule has 31 heavy (non-hydrogen) atoms. The van der Waals surface area contributed by atoms with Crippen molar-refractivity contribution in [3.8, 4) is 0 Å². The molecule has 176 valence electrons. The summed E-state index contributed by atoms with van der Waals surface area (Å²) in [5.41, 5.74) is 0. The van der Waals surface area contributed by atoms with Gasteiger partial charge in [0.2, 0.25) is 11.9 Å². The fraction of sp³-hybridized carbons (Fsp3) is 0.714. The van der Waals surface area contributed by atoms with Crippen molar-refractivity contribution in [2.45, 2.75) is 27.2 Å². The van der Waals surface area contributed by atoms with Crippen molar-refractivity contribution in [1.82, 2.24) is 30.0 Å². The number of aromatic nitrogens is 2. The Morgan fingerprint density at radius 1 is 1.13 bits per heavy atom. The number of nitrogens with zero attached hydrogens (tertiary/aromatic N) is 7. The van der Waals surface area contributed by atoms with Crippen LogP contribution in [0.2, 0.25) is 0 Å². The van der Waals surface area contributed by atoms with Crippen molar-refractivity contribution in [2.75, 3.05) is 77.4 Å². The number of carbonyl (C=O) groups is 1.